The SMILES string of the molecule is O=C(O)c1cc(Cl)cc(S(=O)(=O)Nc2ccsc2)c1Cl. The van der Waals surface area contributed by atoms with Crippen LogP contribution >= 0.6 is 34.5 Å². The van der Waals surface area contributed by atoms with Crippen molar-refractivity contribution in [2.75, 3.05) is 4.72 Å². The first kappa shape index (κ1) is 15.1. The number of anilines is 1. The molecule has 0 spiro atoms. The van der Waals surface area contributed by atoms with Gasteiger partial charge in [0.15, 0.2) is 0 Å². The molecule has 0 aliphatic heterocycles. The fourth-order valence-electron chi connectivity index (χ4n) is 1.45. The molecule has 5 nitrogen and oxygen atoms in total. The summed E-state index contributed by atoms with van der Waals surface area (Å²) in [5, 5.41) is 11.9. The van der Waals surface area contributed by atoms with E-state index in [1.165, 1.54) is 11.3 Å². The predicted molar refractivity (Wildman–Crippen MR) is 78.5 cm³/mol. The zero-order valence-corrected chi connectivity index (χ0v) is 12.8. The first-order valence-electron chi connectivity index (χ1n) is 5.08. The molecule has 0 fully saturated rings. The minimum absolute atomic E-state index is 0.0301. The van der Waals surface area contributed by atoms with E-state index in [0.717, 1.165) is 12.1 Å². The Morgan fingerprint density at radius 2 is 2.00 bits per heavy atom. The highest BCUT2D eigenvalue weighted by atomic mass is 35.5. The minimum atomic E-state index is -4.02. The first-order valence-corrected chi connectivity index (χ1v) is 8.27. The summed E-state index contributed by atoms with van der Waals surface area (Å²) < 4.78 is 26.7. The Bertz CT molecular complexity index is 757. The molecular formula is C11H7Cl2NO4S2. The maximum atomic E-state index is 12.2. The number of aromatic carboxylic acids is 1. The van der Waals surface area contributed by atoms with Gasteiger partial charge in [0.05, 0.1) is 16.3 Å². The summed E-state index contributed by atoms with van der Waals surface area (Å²) in [5.41, 5.74) is -0.00669. The number of thiophene rings is 1. The molecule has 106 valence electrons. The fourth-order valence-corrected chi connectivity index (χ4v) is 4.06. The molecule has 0 aliphatic carbocycles. The maximum absolute atomic E-state index is 12.2. The van der Waals surface area contributed by atoms with Crippen LogP contribution in [-0.2, 0) is 10.0 Å². The van der Waals surface area contributed by atoms with Gasteiger partial charge in [-0.25, -0.2) is 13.2 Å². The van der Waals surface area contributed by atoms with Crippen LogP contribution in [-0.4, -0.2) is 19.5 Å². The van der Waals surface area contributed by atoms with Crippen LogP contribution < -0.4 is 4.72 Å². The number of rotatable bonds is 4. The van der Waals surface area contributed by atoms with Gasteiger partial charge in [0.1, 0.15) is 4.90 Å². The number of benzene rings is 1. The fraction of sp³-hybridized carbons (Fsp3) is 0. The van der Waals surface area contributed by atoms with E-state index in [4.69, 9.17) is 28.3 Å². The largest absolute Gasteiger partial charge is 0.478 e. The molecule has 0 bridgehead atoms. The first-order chi connectivity index (χ1) is 9.31. The number of halogens is 2. The summed E-state index contributed by atoms with van der Waals surface area (Å²) >= 11 is 12.9. The van der Waals surface area contributed by atoms with Crippen LogP contribution in [0, 0.1) is 0 Å². The van der Waals surface area contributed by atoms with E-state index in [2.05, 4.69) is 4.72 Å². The zero-order valence-electron chi connectivity index (χ0n) is 9.63. The molecule has 0 radical (unpaired) electrons. The summed E-state index contributed by atoms with van der Waals surface area (Å²) in [6.07, 6.45) is 0. The van der Waals surface area contributed by atoms with Gasteiger partial charge in [-0.3, -0.25) is 4.72 Å². The molecule has 1 heterocycles. The normalized spacial score (nSPS) is 11.3. The zero-order chi connectivity index (χ0) is 14.9. The van der Waals surface area contributed by atoms with Crippen LogP contribution in [0.25, 0.3) is 0 Å². The van der Waals surface area contributed by atoms with Gasteiger partial charge in [-0.15, -0.1) is 0 Å². The Labute approximate surface area is 128 Å². The molecule has 0 aliphatic rings. The number of carbonyl (C=O) groups is 1. The van der Waals surface area contributed by atoms with E-state index < -0.39 is 16.0 Å². The van der Waals surface area contributed by atoms with E-state index in [0.29, 0.717) is 5.69 Å². The third-order valence-electron chi connectivity index (χ3n) is 2.30. The summed E-state index contributed by atoms with van der Waals surface area (Å²) in [4.78, 5) is 10.6. The number of nitrogens with one attached hydrogen (secondary N) is 1. The Morgan fingerprint density at radius 3 is 2.55 bits per heavy atom. The lowest BCUT2D eigenvalue weighted by atomic mass is 10.2. The molecule has 2 rings (SSSR count). The minimum Gasteiger partial charge on any atom is -0.478 e. The quantitative estimate of drug-likeness (QED) is 0.881. The highest BCUT2D eigenvalue weighted by Gasteiger charge is 2.24. The van der Waals surface area contributed by atoms with Gasteiger partial charge in [-0.05, 0) is 23.6 Å². The lowest BCUT2D eigenvalue weighted by Gasteiger charge is -2.10. The van der Waals surface area contributed by atoms with Crippen LogP contribution in [0.2, 0.25) is 10.0 Å². The van der Waals surface area contributed by atoms with Gasteiger partial charge in [0.25, 0.3) is 10.0 Å². The highest BCUT2D eigenvalue weighted by Crippen LogP contribution is 2.31. The van der Waals surface area contributed by atoms with E-state index in [-0.39, 0.29) is 20.5 Å². The van der Waals surface area contributed by atoms with Crippen LogP contribution in [0.1, 0.15) is 10.4 Å². The van der Waals surface area contributed by atoms with Gasteiger partial charge < -0.3 is 5.11 Å². The number of hydrogen-bond donors (Lipinski definition) is 2. The predicted octanol–water partition coefficient (Wildman–Crippen LogP) is 3.55. The van der Waals surface area contributed by atoms with Gasteiger partial charge in [0.2, 0.25) is 0 Å². The second-order valence-corrected chi connectivity index (χ2v) is 6.93. The van der Waals surface area contributed by atoms with Crippen LogP contribution in [0.3, 0.4) is 0 Å². The van der Waals surface area contributed by atoms with E-state index in [1.807, 2.05) is 0 Å². The molecular weight excluding hydrogens is 345 g/mol. The van der Waals surface area contributed by atoms with Crippen LogP contribution in [0.4, 0.5) is 5.69 Å². The van der Waals surface area contributed by atoms with Crippen molar-refractivity contribution in [3.8, 4) is 0 Å². The van der Waals surface area contributed by atoms with Crippen molar-refractivity contribution in [1.82, 2.24) is 0 Å². The second-order valence-electron chi connectivity index (χ2n) is 3.69. The number of carboxylic acids is 1. The molecule has 9 heteroatoms. The van der Waals surface area contributed by atoms with E-state index in [9.17, 15) is 13.2 Å². The van der Waals surface area contributed by atoms with Gasteiger partial charge in [-0.1, -0.05) is 23.2 Å². The van der Waals surface area contributed by atoms with Crippen molar-refractivity contribution >= 4 is 56.2 Å². The Hall–Kier alpha value is -1.28. The average Bonchev–Trinajstić information content (AvgIpc) is 2.83. The van der Waals surface area contributed by atoms with Crippen molar-refractivity contribution in [2.24, 2.45) is 0 Å². The van der Waals surface area contributed by atoms with Crippen molar-refractivity contribution in [1.29, 1.82) is 0 Å². The molecule has 0 saturated carbocycles. The molecule has 0 atom stereocenters. The van der Waals surface area contributed by atoms with Crippen molar-refractivity contribution in [2.45, 2.75) is 4.90 Å². The average molecular weight is 352 g/mol. The highest BCUT2D eigenvalue weighted by molar-refractivity contribution is 7.92. The third kappa shape index (κ3) is 3.06. The standard InChI is InChI=1S/C11H7Cl2NO4S2/c12-6-3-8(11(15)16)10(13)9(4-6)20(17,18)14-7-1-2-19-5-7/h1-5,14H,(H,15,16). The molecule has 1 aromatic heterocycles. The second kappa shape index (κ2) is 5.61. The smallest absolute Gasteiger partial charge is 0.337 e. The van der Waals surface area contributed by atoms with Crippen molar-refractivity contribution < 1.29 is 18.3 Å². The number of hydrogen-bond acceptors (Lipinski definition) is 4. The lowest BCUT2D eigenvalue weighted by Crippen LogP contribution is -2.14. The third-order valence-corrected chi connectivity index (χ3v) is 5.12. The summed E-state index contributed by atoms with van der Waals surface area (Å²) in [5.74, 6) is -1.36. The van der Waals surface area contributed by atoms with Crippen LogP contribution in [0.15, 0.2) is 33.9 Å². The molecule has 1 aromatic carbocycles. The molecule has 0 saturated heterocycles. The van der Waals surface area contributed by atoms with Gasteiger partial charge in [-0.2, -0.15) is 11.3 Å². The number of carboxylic acid groups (broad SMARTS) is 1. The van der Waals surface area contributed by atoms with Gasteiger partial charge in [0, 0.05) is 10.4 Å². The van der Waals surface area contributed by atoms with Gasteiger partial charge >= 0.3 is 5.97 Å². The number of sulfonamides is 1. The lowest BCUT2D eigenvalue weighted by molar-refractivity contribution is 0.0697. The topological polar surface area (TPSA) is 83.5 Å². The molecule has 2 aromatic rings. The monoisotopic (exact) mass is 351 g/mol. The summed E-state index contributed by atoms with van der Waals surface area (Å²) in [6, 6.07) is 3.76. The summed E-state index contributed by atoms with van der Waals surface area (Å²) in [6.45, 7) is 0. The summed E-state index contributed by atoms with van der Waals surface area (Å²) in [7, 11) is -4.02. The van der Waals surface area contributed by atoms with Crippen molar-refractivity contribution in [3.05, 3.63) is 44.6 Å². The van der Waals surface area contributed by atoms with Crippen molar-refractivity contribution in [3.63, 3.8) is 0 Å². The van der Waals surface area contributed by atoms with E-state index >= 15 is 0 Å². The molecule has 0 amide bonds. The van der Waals surface area contributed by atoms with E-state index in [1.54, 1.807) is 16.8 Å². The Kier molecular flexibility index (Phi) is 4.24. The Balaban J connectivity index is 2.54. The Morgan fingerprint density at radius 1 is 1.30 bits per heavy atom. The maximum Gasteiger partial charge on any atom is 0.337 e. The molecule has 20 heavy (non-hydrogen) atoms. The molecule has 2 N–H and O–H groups in total. The van der Waals surface area contributed by atoms with Crippen LogP contribution in [0.5, 0.6) is 0 Å². The molecule has 0 unspecified atom stereocenters.